The molecule has 0 atom stereocenters. The van der Waals surface area contributed by atoms with E-state index in [-0.39, 0.29) is 39.2 Å². The third-order valence-corrected chi connectivity index (χ3v) is 16.7. The summed E-state index contributed by atoms with van der Waals surface area (Å²) in [6, 6.07) is 45.8. The van der Waals surface area contributed by atoms with Crippen LogP contribution >= 0.6 is 11.3 Å². The normalized spacial score (nSPS) is 16.5. The fourth-order valence-electron chi connectivity index (χ4n) is 11.3. The van der Waals surface area contributed by atoms with Crippen molar-refractivity contribution in [3.05, 3.63) is 149 Å². The van der Waals surface area contributed by atoms with Crippen LogP contribution in [0.1, 0.15) is 157 Å². The second-order valence-corrected chi connectivity index (χ2v) is 26.5. The molecule has 0 unspecified atom stereocenters. The molecule has 0 spiro atoms. The first-order chi connectivity index (χ1) is 30.7. The Bertz CT molecular complexity index is 3080. The maximum absolute atomic E-state index is 2.72. The maximum atomic E-state index is 2.72. The molecule has 0 N–H and O–H groups in total. The Kier molecular flexibility index (Phi) is 9.98. The first kappa shape index (κ1) is 44.8. The highest BCUT2D eigenvalue weighted by atomic mass is 32.1. The molecule has 338 valence electrons. The molecular weight excluding hydrogens is 816 g/mol. The summed E-state index contributed by atoms with van der Waals surface area (Å²) in [5, 5.41) is 1.36. The highest BCUT2D eigenvalue weighted by molar-refractivity contribution is 7.33. The quantitative estimate of drug-likeness (QED) is 0.163. The Balaban J connectivity index is 1.35. The minimum Gasteiger partial charge on any atom is -0.311 e. The summed E-state index contributed by atoms with van der Waals surface area (Å²) in [6.07, 6.45) is 2.37. The topological polar surface area (TPSA) is 6.48 Å². The number of thiophene rings is 1. The number of benzene rings is 6. The van der Waals surface area contributed by atoms with Gasteiger partial charge in [0.2, 0.25) is 0 Å². The van der Waals surface area contributed by atoms with Gasteiger partial charge in [0.1, 0.15) is 0 Å². The number of anilines is 6. The van der Waals surface area contributed by atoms with Crippen LogP contribution in [-0.2, 0) is 32.5 Å². The monoisotopic (exact) mass is 887 g/mol. The van der Waals surface area contributed by atoms with Crippen LogP contribution in [0.25, 0.3) is 21.2 Å². The predicted octanol–water partition coefficient (Wildman–Crippen LogP) is 16.2. The number of hydrogen-bond acceptors (Lipinski definition) is 3. The number of rotatable bonds is 3. The Labute approximate surface area is 401 Å². The molecule has 3 aliphatic rings. The molecule has 10 rings (SSSR count). The summed E-state index contributed by atoms with van der Waals surface area (Å²) in [5.74, 6) is 0. The second-order valence-electron chi connectivity index (χ2n) is 25.4. The molecule has 7 aromatic rings. The van der Waals surface area contributed by atoms with Gasteiger partial charge in [-0.25, -0.2) is 0 Å². The van der Waals surface area contributed by atoms with E-state index in [0.29, 0.717) is 0 Å². The van der Waals surface area contributed by atoms with E-state index in [1.54, 1.807) is 0 Å². The van der Waals surface area contributed by atoms with Crippen LogP contribution in [0.5, 0.6) is 0 Å². The highest BCUT2D eigenvalue weighted by Crippen LogP contribution is 2.53. The van der Waals surface area contributed by atoms with Crippen LogP contribution in [-0.4, -0.2) is 6.71 Å². The van der Waals surface area contributed by atoms with E-state index in [9.17, 15) is 0 Å². The predicted molar refractivity (Wildman–Crippen MR) is 291 cm³/mol. The van der Waals surface area contributed by atoms with Gasteiger partial charge in [-0.1, -0.05) is 171 Å². The van der Waals surface area contributed by atoms with Crippen molar-refractivity contribution in [3.8, 4) is 11.1 Å². The molecule has 2 nitrogen and oxygen atoms in total. The molecule has 0 radical (unpaired) electrons. The average Bonchev–Trinajstić information content (AvgIpc) is 3.62. The van der Waals surface area contributed by atoms with Gasteiger partial charge in [-0.3, -0.25) is 0 Å². The molecule has 3 heterocycles. The van der Waals surface area contributed by atoms with E-state index in [1.807, 2.05) is 11.3 Å². The fourth-order valence-corrected chi connectivity index (χ4v) is 12.6. The lowest BCUT2D eigenvalue weighted by atomic mass is 9.36. The highest BCUT2D eigenvalue weighted by Gasteiger charge is 2.47. The standard InChI is InChI=1S/C62H71BN2S/c1-57(2,3)39-23-29-53-45(32-39)55-56(66-53)63-49-28-22-40(58(4,5)6)33-50(49)64(42-24-26-46(60(10,11)12)44(36-42)38-20-18-17-19-21-38)51-34-41(59(7,8)9)35-52(54(51)63)65(55)43-25-27-47-48(37-43)62(15,16)31-30-61(47,13)14/h17-29,32-37H,30-31H2,1-16H3. The van der Waals surface area contributed by atoms with E-state index < -0.39 is 0 Å². The Morgan fingerprint density at radius 2 is 1.06 bits per heavy atom. The molecule has 6 aromatic carbocycles. The van der Waals surface area contributed by atoms with Crippen molar-refractivity contribution in [2.24, 2.45) is 0 Å². The van der Waals surface area contributed by atoms with Gasteiger partial charge in [0, 0.05) is 43.3 Å². The smallest absolute Gasteiger partial charge is 0.264 e. The molecule has 1 aromatic heterocycles. The van der Waals surface area contributed by atoms with Crippen LogP contribution in [0.3, 0.4) is 0 Å². The molecule has 66 heavy (non-hydrogen) atoms. The minimum atomic E-state index is -0.116. The molecular formula is C62H71BN2S. The number of nitrogens with zero attached hydrogens (tertiary/aromatic N) is 2. The molecule has 1 aliphatic carbocycles. The summed E-state index contributed by atoms with van der Waals surface area (Å²) >= 11 is 2.01. The summed E-state index contributed by atoms with van der Waals surface area (Å²) in [5.41, 5.74) is 21.4. The van der Waals surface area contributed by atoms with Crippen molar-refractivity contribution in [1.29, 1.82) is 0 Å². The Morgan fingerprint density at radius 1 is 0.500 bits per heavy atom. The third-order valence-electron chi connectivity index (χ3n) is 15.5. The average molecular weight is 887 g/mol. The van der Waals surface area contributed by atoms with E-state index in [1.165, 1.54) is 117 Å². The van der Waals surface area contributed by atoms with Crippen LogP contribution in [0.15, 0.2) is 115 Å². The van der Waals surface area contributed by atoms with E-state index in [4.69, 9.17) is 0 Å². The van der Waals surface area contributed by atoms with Gasteiger partial charge in [0.15, 0.2) is 0 Å². The van der Waals surface area contributed by atoms with Gasteiger partial charge in [-0.05, 0) is 155 Å². The molecule has 4 heteroatoms. The summed E-state index contributed by atoms with van der Waals surface area (Å²) in [7, 11) is 0. The first-order valence-electron chi connectivity index (χ1n) is 24.6. The van der Waals surface area contributed by atoms with Crippen LogP contribution in [0, 0.1) is 0 Å². The molecule has 0 saturated heterocycles. The van der Waals surface area contributed by atoms with Crippen molar-refractivity contribution in [3.63, 3.8) is 0 Å². The molecule has 0 fully saturated rings. The van der Waals surface area contributed by atoms with Gasteiger partial charge in [0.25, 0.3) is 6.71 Å². The molecule has 2 aliphatic heterocycles. The zero-order valence-corrected chi connectivity index (χ0v) is 43.6. The van der Waals surface area contributed by atoms with E-state index in [2.05, 4.69) is 236 Å². The number of fused-ring (bicyclic) bond motifs is 7. The van der Waals surface area contributed by atoms with Gasteiger partial charge in [0.05, 0.1) is 5.69 Å². The Morgan fingerprint density at radius 3 is 1.70 bits per heavy atom. The largest absolute Gasteiger partial charge is 0.311 e. The lowest BCUT2D eigenvalue weighted by Crippen LogP contribution is -2.60. The van der Waals surface area contributed by atoms with Crippen molar-refractivity contribution in [2.45, 2.75) is 156 Å². The zero-order valence-electron chi connectivity index (χ0n) is 42.8. The number of hydrogen-bond donors (Lipinski definition) is 0. The van der Waals surface area contributed by atoms with Crippen LogP contribution < -0.4 is 25.5 Å². The summed E-state index contributed by atoms with van der Waals surface area (Å²) in [4.78, 5) is 5.37. The Hall–Kier alpha value is -5.06. The zero-order chi connectivity index (χ0) is 47.3. The fraction of sp³-hybridized carbons (Fsp3) is 0.387. The van der Waals surface area contributed by atoms with Crippen molar-refractivity contribution in [2.75, 3.05) is 9.80 Å². The van der Waals surface area contributed by atoms with Crippen molar-refractivity contribution < 1.29 is 0 Å². The van der Waals surface area contributed by atoms with Gasteiger partial charge >= 0.3 is 0 Å². The molecule has 0 saturated carbocycles. The SMILES string of the molecule is CC(C)(C)c1ccc2c(c1)N(c1ccc(C(C)(C)C)c(-c3ccccc3)c1)c1cc(C(C)(C)C)cc3c1B2c1sc2ccc(C(C)(C)C)cc2c1N3c1ccc2c(c1)C(C)(C)CCC2(C)C. The second kappa shape index (κ2) is 14.7. The summed E-state index contributed by atoms with van der Waals surface area (Å²) in [6.45, 7) is 38.2. The van der Waals surface area contributed by atoms with E-state index in [0.717, 1.165) is 0 Å². The van der Waals surface area contributed by atoms with E-state index >= 15 is 0 Å². The van der Waals surface area contributed by atoms with Crippen molar-refractivity contribution >= 4 is 78.0 Å². The van der Waals surface area contributed by atoms with Crippen molar-refractivity contribution in [1.82, 2.24) is 0 Å². The lowest BCUT2D eigenvalue weighted by Gasteiger charge is -2.45. The lowest BCUT2D eigenvalue weighted by molar-refractivity contribution is 0.332. The first-order valence-corrected chi connectivity index (χ1v) is 25.4. The minimum absolute atomic E-state index is 0.0108. The van der Waals surface area contributed by atoms with Gasteiger partial charge < -0.3 is 9.80 Å². The summed E-state index contributed by atoms with van der Waals surface area (Å²) < 4.78 is 2.78. The molecule has 0 bridgehead atoms. The van der Waals surface area contributed by atoms with Crippen LogP contribution in [0.2, 0.25) is 0 Å². The maximum Gasteiger partial charge on any atom is 0.264 e. The molecule has 0 amide bonds. The van der Waals surface area contributed by atoms with Gasteiger partial charge in [-0.2, -0.15) is 0 Å². The third kappa shape index (κ3) is 7.19. The van der Waals surface area contributed by atoms with Gasteiger partial charge in [-0.15, -0.1) is 11.3 Å². The van der Waals surface area contributed by atoms with Crippen LogP contribution in [0.4, 0.5) is 34.1 Å².